The van der Waals surface area contributed by atoms with Gasteiger partial charge in [0.25, 0.3) is 0 Å². The number of sulfonamides is 1. The third kappa shape index (κ3) is 2.30. The summed E-state index contributed by atoms with van der Waals surface area (Å²) in [6, 6.07) is 5.25. The lowest BCUT2D eigenvalue weighted by molar-refractivity contribution is 0.467. The molecular formula is C13H16N4O2S. The van der Waals surface area contributed by atoms with Crippen molar-refractivity contribution in [3.63, 3.8) is 0 Å². The van der Waals surface area contributed by atoms with Gasteiger partial charge in [0.15, 0.2) is 0 Å². The van der Waals surface area contributed by atoms with Crippen LogP contribution in [0.2, 0.25) is 0 Å². The largest absolute Gasteiger partial charge is 0.384 e. The van der Waals surface area contributed by atoms with E-state index in [-0.39, 0.29) is 0 Å². The highest BCUT2D eigenvalue weighted by Crippen LogP contribution is 2.26. The van der Waals surface area contributed by atoms with Crippen molar-refractivity contribution < 1.29 is 8.42 Å². The fourth-order valence-corrected chi connectivity index (χ4v) is 3.54. The van der Waals surface area contributed by atoms with Gasteiger partial charge >= 0.3 is 0 Å². The molecule has 7 heteroatoms. The first kappa shape index (κ1) is 13.1. The molecule has 2 N–H and O–H groups in total. The Morgan fingerprint density at radius 1 is 1.40 bits per heavy atom. The molecule has 1 aliphatic heterocycles. The van der Waals surface area contributed by atoms with Crippen LogP contribution in [0.1, 0.15) is 11.1 Å². The summed E-state index contributed by atoms with van der Waals surface area (Å²) >= 11 is 0. The van der Waals surface area contributed by atoms with Gasteiger partial charge in [-0.05, 0) is 30.2 Å². The predicted octanol–water partition coefficient (Wildman–Crippen LogP) is 1.20. The molecule has 0 unspecified atom stereocenters. The Kier molecular flexibility index (Phi) is 3.23. The first-order chi connectivity index (χ1) is 9.57. The van der Waals surface area contributed by atoms with Gasteiger partial charge in [-0.25, -0.2) is 8.42 Å². The number of aromatic nitrogens is 2. The normalized spacial score (nSPS) is 14.3. The van der Waals surface area contributed by atoms with E-state index in [1.54, 1.807) is 31.6 Å². The van der Waals surface area contributed by atoms with Crippen molar-refractivity contribution in [1.82, 2.24) is 14.5 Å². The van der Waals surface area contributed by atoms with Crippen molar-refractivity contribution in [3.05, 3.63) is 41.7 Å². The minimum absolute atomic E-state index is 0.300. The van der Waals surface area contributed by atoms with Crippen LogP contribution in [0.5, 0.6) is 0 Å². The second-order valence-electron chi connectivity index (χ2n) is 4.86. The molecule has 0 atom stereocenters. The molecule has 1 aromatic carbocycles. The monoisotopic (exact) mass is 292 g/mol. The second kappa shape index (κ2) is 4.92. The topological polar surface area (TPSA) is 78.1 Å². The number of benzene rings is 1. The van der Waals surface area contributed by atoms with Gasteiger partial charge in [-0.15, -0.1) is 0 Å². The number of fused-ring (bicyclic) bond motifs is 1. The molecule has 0 fully saturated rings. The van der Waals surface area contributed by atoms with Gasteiger partial charge in [-0.3, -0.25) is 5.10 Å². The molecule has 106 valence electrons. The summed E-state index contributed by atoms with van der Waals surface area (Å²) in [5.41, 5.74) is 2.92. The molecular weight excluding hydrogens is 276 g/mol. The zero-order chi connectivity index (χ0) is 14.2. The second-order valence-corrected chi connectivity index (χ2v) is 6.91. The summed E-state index contributed by atoms with van der Waals surface area (Å²) in [5.74, 6) is 0. The maximum absolute atomic E-state index is 12.5. The number of rotatable bonds is 4. The molecule has 0 spiro atoms. The Labute approximate surface area is 117 Å². The number of hydrogen-bond donors (Lipinski definition) is 2. The summed E-state index contributed by atoms with van der Waals surface area (Å²) < 4.78 is 26.4. The molecule has 6 nitrogen and oxygen atoms in total. The van der Waals surface area contributed by atoms with E-state index >= 15 is 0 Å². The minimum Gasteiger partial charge on any atom is -0.384 e. The molecule has 0 amide bonds. The number of H-pyrrole nitrogens is 1. The van der Waals surface area contributed by atoms with Crippen LogP contribution in [-0.2, 0) is 23.0 Å². The van der Waals surface area contributed by atoms with Gasteiger partial charge in [0.2, 0.25) is 10.0 Å². The van der Waals surface area contributed by atoms with E-state index in [4.69, 9.17) is 0 Å². The van der Waals surface area contributed by atoms with Crippen LogP contribution >= 0.6 is 0 Å². The van der Waals surface area contributed by atoms with Gasteiger partial charge in [-0.1, -0.05) is 0 Å². The lowest BCUT2D eigenvalue weighted by atomic mass is 10.2. The number of aromatic amines is 1. The van der Waals surface area contributed by atoms with E-state index in [2.05, 4.69) is 15.5 Å². The van der Waals surface area contributed by atoms with Crippen LogP contribution in [0.25, 0.3) is 0 Å². The average molecular weight is 292 g/mol. The molecule has 2 aromatic rings. The Bertz CT molecular complexity index is 710. The van der Waals surface area contributed by atoms with Crippen molar-refractivity contribution in [1.29, 1.82) is 0 Å². The summed E-state index contributed by atoms with van der Waals surface area (Å²) in [5, 5.41) is 9.73. The highest BCUT2D eigenvalue weighted by molar-refractivity contribution is 7.89. The van der Waals surface area contributed by atoms with Gasteiger partial charge in [-0.2, -0.15) is 9.40 Å². The summed E-state index contributed by atoms with van der Waals surface area (Å²) in [7, 11) is -1.90. The minimum atomic E-state index is -3.47. The van der Waals surface area contributed by atoms with Crippen molar-refractivity contribution in [2.45, 2.75) is 17.9 Å². The fourth-order valence-electron chi connectivity index (χ4n) is 2.33. The SMILES string of the molecule is CN(Cc1cn[nH]c1)S(=O)(=O)c1ccc2c(c1)CCN2. The van der Waals surface area contributed by atoms with Crippen LogP contribution in [0, 0.1) is 0 Å². The molecule has 0 aliphatic carbocycles. The third-order valence-electron chi connectivity index (χ3n) is 3.45. The smallest absolute Gasteiger partial charge is 0.243 e. The predicted molar refractivity (Wildman–Crippen MR) is 75.9 cm³/mol. The van der Waals surface area contributed by atoms with Gasteiger partial charge < -0.3 is 5.32 Å². The van der Waals surface area contributed by atoms with E-state index in [0.717, 1.165) is 29.8 Å². The maximum atomic E-state index is 12.5. The van der Waals surface area contributed by atoms with E-state index < -0.39 is 10.0 Å². The van der Waals surface area contributed by atoms with Crippen LogP contribution in [0.15, 0.2) is 35.5 Å². The lowest BCUT2D eigenvalue weighted by Gasteiger charge is -2.17. The van der Waals surface area contributed by atoms with Gasteiger partial charge in [0, 0.05) is 37.6 Å². The average Bonchev–Trinajstić information content (AvgIpc) is 3.07. The van der Waals surface area contributed by atoms with Crippen molar-refractivity contribution in [2.24, 2.45) is 0 Å². The Morgan fingerprint density at radius 2 is 2.25 bits per heavy atom. The summed E-state index contributed by atoms with van der Waals surface area (Å²) in [6.45, 7) is 1.16. The standard InChI is InChI=1S/C13H16N4O2S/c1-17(9-10-7-15-16-8-10)20(18,19)12-2-3-13-11(6-12)4-5-14-13/h2-3,6-8,14H,4-5,9H2,1H3,(H,15,16). The number of hydrogen-bond acceptors (Lipinski definition) is 4. The first-order valence-corrected chi connectivity index (χ1v) is 7.82. The molecule has 1 aliphatic rings. The number of nitrogens with one attached hydrogen (secondary N) is 2. The Morgan fingerprint density at radius 3 is 3.00 bits per heavy atom. The van der Waals surface area contributed by atoms with Crippen LogP contribution in [0.4, 0.5) is 5.69 Å². The van der Waals surface area contributed by atoms with E-state index in [1.165, 1.54) is 4.31 Å². The Balaban J connectivity index is 1.87. The van der Waals surface area contributed by atoms with Gasteiger partial charge in [0.1, 0.15) is 0 Å². The van der Waals surface area contributed by atoms with E-state index in [1.807, 2.05) is 6.07 Å². The van der Waals surface area contributed by atoms with E-state index in [9.17, 15) is 8.42 Å². The highest BCUT2D eigenvalue weighted by Gasteiger charge is 2.23. The molecule has 1 aromatic heterocycles. The van der Waals surface area contributed by atoms with E-state index in [0.29, 0.717) is 11.4 Å². The molecule has 3 rings (SSSR count). The van der Waals surface area contributed by atoms with Crippen LogP contribution in [0.3, 0.4) is 0 Å². The molecule has 0 saturated heterocycles. The van der Waals surface area contributed by atoms with Gasteiger partial charge in [0.05, 0.1) is 11.1 Å². The molecule has 0 radical (unpaired) electrons. The highest BCUT2D eigenvalue weighted by atomic mass is 32.2. The third-order valence-corrected chi connectivity index (χ3v) is 5.25. The van der Waals surface area contributed by atoms with Crippen molar-refractivity contribution >= 4 is 15.7 Å². The zero-order valence-electron chi connectivity index (χ0n) is 11.1. The quantitative estimate of drug-likeness (QED) is 0.887. The summed E-state index contributed by atoms with van der Waals surface area (Å²) in [6.07, 6.45) is 4.18. The van der Waals surface area contributed by atoms with Crippen molar-refractivity contribution in [2.75, 3.05) is 18.9 Å². The van der Waals surface area contributed by atoms with Crippen molar-refractivity contribution in [3.8, 4) is 0 Å². The maximum Gasteiger partial charge on any atom is 0.243 e. The molecule has 0 saturated carbocycles. The first-order valence-electron chi connectivity index (χ1n) is 6.38. The number of anilines is 1. The molecule has 2 heterocycles. The fraction of sp³-hybridized carbons (Fsp3) is 0.308. The summed E-state index contributed by atoms with van der Waals surface area (Å²) in [4.78, 5) is 0.339. The lowest BCUT2D eigenvalue weighted by Crippen LogP contribution is -2.26. The number of nitrogens with zero attached hydrogens (tertiary/aromatic N) is 2. The Hall–Kier alpha value is -1.86. The van der Waals surface area contributed by atoms with Crippen LogP contribution in [-0.4, -0.2) is 36.5 Å². The van der Waals surface area contributed by atoms with Crippen LogP contribution < -0.4 is 5.32 Å². The zero-order valence-corrected chi connectivity index (χ0v) is 11.9. The molecule has 20 heavy (non-hydrogen) atoms. The molecule has 0 bridgehead atoms.